The Morgan fingerprint density at radius 3 is 2.32 bits per heavy atom. The van der Waals surface area contributed by atoms with Crippen molar-refractivity contribution in [3.63, 3.8) is 0 Å². The lowest BCUT2D eigenvalue weighted by Gasteiger charge is -2.45. The second kappa shape index (κ2) is 6.95. The summed E-state index contributed by atoms with van der Waals surface area (Å²) in [5, 5.41) is 6.74. The molecule has 2 aromatic rings. The summed E-state index contributed by atoms with van der Waals surface area (Å²) in [7, 11) is 2.01. The van der Waals surface area contributed by atoms with Gasteiger partial charge in [-0.1, -0.05) is 42.5 Å². The lowest BCUT2D eigenvalue weighted by molar-refractivity contribution is 0.100. The van der Waals surface area contributed by atoms with Gasteiger partial charge in [0.05, 0.1) is 23.3 Å². The van der Waals surface area contributed by atoms with Gasteiger partial charge in [0, 0.05) is 5.54 Å². The van der Waals surface area contributed by atoms with Crippen LogP contribution in [0.25, 0.3) is 0 Å². The van der Waals surface area contributed by atoms with E-state index < -0.39 is 5.91 Å². The molecule has 0 radical (unpaired) electrons. The minimum Gasteiger partial charge on any atom is -0.366 e. The standard InChI is InChI=1S/C22H26N4O2/c1-24-22(16-7-3-2-4-8-16)13-11-21(12-14-22)15-26(20(28)25-21)18-10-6-5-9-17(18)19(23)27/h2-10,24H,11-15H2,1H3,(H2,23,27)(H,25,28)/t21-,22+. The van der Waals surface area contributed by atoms with E-state index in [0.717, 1.165) is 25.7 Å². The molecule has 1 aliphatic carbocycles. The van der Waals surface area contributed by atoms with Crippen LogP contribution < -0.4 is 21.3 Å². The number of nitrogens with zero attached hydrogens (tertiary/aromatic N) is 1. The van der Waals surface area contributed by atoms with Gasteiger partial charge in [-0.25, -0.2) is 4.79 Å². The van der Waals surface area contributed by atoms with Crippen molar-refractivity contribution in [3.05, 3.63) is 65.7 Å². The molecule has 6 heteroatoms. The first kappa shape index (κ1) is 18.5. The molecule has 146 valence electrons. The van der Waals surface area contributed by atoms with Crippen molar-refractivity contribution in [2.75, 3.05) is 18.5 Å². The van der Waals surface area contributed by atoms with Gasteiger partial charge in [0.15, 0.2) is 0 Å². The number of amides is 3. The lowest BCUT2D eigenvalue weighted by Crippen LogP contribution is -2.53. The molecule has 28 heavy (non-hydrogen) atoms. The quantitative estimate of drug-likeness (QED) is 0.764. The maximum Gasteiger partial charge on any atom is 0.322 e. The second-order valence-electron chi connectivity index (χ2n) is 7.88. The first-order valence-corrected chi connectivity index (χ1v) is 9.72. The molecule has 0 bridgehead atoms. The molecule has 0 aromatic heterocycles. The van der Waals surface area contributed by atoms with E-state index in [2.05, 4.69) is 34.9 Å². The van der Waals surface area contributed by atoms with E-state index in [-0.39, 0.29) is 17.1 Å². The third kappa shape index (κ3) is 3.03. The van der Waals surface area contributed by atoms with Crippen LogP contribution in [-0.4, -0.2) is 31.1 Å². The Balaban J connectivity index is 1.56. The molecule has 2 fully saturated rings. The van der Waals surface area contributed by atoms with Crippen molar-refractivity contribution in [2.45, 2.75) is 36.8 Å². The van der Waals surface area contributed by atoms with E-state index in [9.17, 15) is 9.59 Å². The SMILES string of the molecule is CN[C@]1(c2ccccc2)CC[C@]2(CC1)CN(c1ccccc1C(N)=O)C(=O)N2. The predicted molar refractivity (Wildman–Crippen MR) is 109 cm³/mol. The van der Waals surface area contributed by atoms with Crippen LogP contribution in [0.4, 0.5) is 10.5 Å². The molecule has 4 N–H and O–H groups in total. The Labute approximate surface area is 165 Å². The van der Waals surface area contributed by atoms with Crippen LogP contribution in [0.1, 0.15) is 41.6 Å². The van der Waals surface area contributed by atoms with Gasteiger partial charge in [-0.3, -0.25) is 9.69 Å². The fourth-order valence-electron chi connectivity index (χ4n) is 4.70. The van der Waals surface area contributed by atoms with E-state index in [1.807, 2.05) is 19.2 Å². The van der Waals surface area contributed by atoms with E-state index >= 15 is 0 Å². The van der Waals surface area contributed by atoms with Crippen LogP contribution in [0.3, 0.4) is 0 Å². The van der Waals surface area contributed by atoms with Crippen molar-refractivity contribution in [1.29, 1.82) is 0 Å². The lowest BCUT2D eigenvalue weighted by atomic mass is 9.69. The second-order valence-corrected chi connectivity index (χ2v) is 7.88. The number of nitrogens with two attached hydrogens (primary N) is 1. The monoisotopic (exact) mass is 378 g/mol. The van der Waals surface area contributed by atoms with E-state index in [4.69, 9.17) is 5.73 Å². The van der Waals surface area contributed by atoms with Crippen molar-refractivity contribution >= 4 is 17.6 Å². The third-order valence-corrected chi connectivity index (χ3v) is 6.40. The molecule has 1 heterocycles. The third-order valence-electron chi connectivity index (χ3n) is 6.40. The van der Waals surface area contributed by atoms with Crippen molar-refractivity contribution in [3.8, 4) is 0 Å². The zero-order chi connectivity index (χ0) is 19.8. The molecule has 6 nitrogen and oxygen atoms in total. The molecule has 0 atom stereocenters. The first-order valence-electron chi connectivity index (χ1n) is 9.72. The molecular weight excluding hydrogens is 352 g/mol. The molecule has 1 saturated carbocycles. The minimum atomic E-state index is -0.522. The average molecular weight is 378 g/mol. The highest BCUT2D eigenvalue weighted by molar-refractivity contribution is 6.04. The topological polar surface area (TPSA) is 87.5 Å². The van der Waals surface area contributed by atoms with Gasteiger partial charge in [-0.05, 0) is 50.4 Å². The molecule has 1 saturated heterocycles. The van der Waals surface area contributed by atoms with Gasteiger partial charge in [-0.2, -0.15) is 0 Å². The number of hydrogen-bond acceptors (Lipinski definition) is 3. The largest absolute Gasteiger partial charge is 0.366 e. The van der Waals surface area contributed by atoms with Crippen LogP contribution in [-0.2, 0) is 5.54 Å². The first-order chi connectivity index (χ1) is 13.5. The number of para-hydroxylation sites is 1. The van der Waals surface area contributed by atoms with Crippen LogP contribution in [0, 0.1) is 0 Å². The summed E-state index contributed by atoms with van der Waals surface area (Å²) in [5.41, 5.74) is 7.40. The molecule has 3 amide bonds. The highest BCUT2D eigenvalue weighted by Gasteiger charge is 2.49. The van der Waals surface area contributed by atoms with E-state index in [1.165, 1.54) is 5.56 Å². The molecular formula is C22H26N4O2. The number of carbonyl (C=O) groups excluding carboxylic acids is 2. The van der Waals surface area contributed by atoms with Gasteiger partial charge in [0.1, 0.15) is 0 Å². The number of nitrogens with one attached hydrogen (secondary N) is 2. The van der Waals surface area contributed by atoms with Crippen molar-refractivity contribution in [1.82, 2.24) is 10.6 Å². The normalized spacial score (nSPS) is 27.0. The molecule has 0 unspecified atom stereocenters. The molecule has 2 aliphatic rings. The van der Waals surface area contributed by atoms with Gasteiger partial charge < -0.3 is 16.4 Å². The number of hydrogen-bond donors (Lipinski definition) is 3. The van der Waals surface area contributed by atoms with Gasteiger partial charge >= 0.3 is 6.03 Å². The van der Waals surface area contributed by atoms with Crippen LogP contribution >= 0.6 is 0 Å². The maximum absolute atomic E-state index is 12.8. The molecule has 2 aromatic carbocycles. The molecule has 4 rings (SSSR count). The summed E-state index contributed by atoms with van der Waals surface area (Å²) in [5.74, 6) is -0.522. The number of primary amides is 1. The summed E-state index contributed by atoms with van der Waals surface area (Å²) in [6.45, 7) is 0.546. The highest BCUT2D eigenvalue weighted by atomic mass is 16.2. The summed E-state index contributed by atoms with van der Waals surface area (Å²) in [4.78, 5) is 26.2. The average Bonchev–Trinajstić information content (AvgIpc) is 3.05. The molecule has 1 aliphatic heterocycles. The number of rotatable bonds is 4. The van der Waals surface area contributed by atoms with Gasteiger partial charge in [0.25, 0.3) is 5.91 Å². The van der Waals surface area contributed by atoms with Crippen molar-refractivity contribution < 1.29 is 9.59 Å². The van der Waals surface area contributed by atoms with Crippen LogP contribution in [0.15, 0.2) is 54.6 Å². The number of benzene rings is 2. The summed E-state index contributed by atoms with van der Waals surface area (Å²) >= 11 is 0. The summed E-state index contributed by atoms with van der Waals surface area (Å²) < 4.78 is 0. The number of anilines is 1. The number of urea groups is 1. The maximum atomic E-state index is 12.8. The van der Waals surface area contributed by atoms with E-state index in [0.29, 0.717) is 17.8 Å². The zero-order valence-corrected chi connectivity index (χ0v) is 16.1. The highest BCUT2D eigenvalue weighted by Crippen LogP contribution is 2.43. The Morgan fingerprint density at radius 1 is 1.04 bits per heavy atom. The Morgan fingerprint density at radius 2 is 1.68 bits per heavy atom. The summed E-state index contributed by atoms with van der Waals surface area (Å²) in [6, 6.07) is 17.4. The van der Waals surface area contributed by atoms with Crippen LogP contribution in [0.2, 0.25) is 0 Å². The van der Waals surface area contributed by atoms with E-state index in [1.54, 1.807) is 23.1 Å². The number of carbonyl (C=O) groups is 2. The fraction of sp³-hybridized carbons (Fsp3) is 0.364. The minimum absolute atomic E-state index is 0.0736. The van der Waals surface area contributed by atoms with Crippen LogP contribution in [0.5, 0.6) is 0 Å². The Hall–Kier alpha value is -2.86. The Bertz CT molecular complexity index is 888. The van der Waals surface area contributed by atoms with Gasteiger partial charge in [0.2, 0.25) is 0 Å². The van der Waals surface area contributed by atoms with Crippen molar-refractivity contribution in [2.24, 2.45) is 5.73 Å². The fourth-order valence-corrected chi connectivity index (χ4v) is 4.70. The smallest absolute Gasteiger partial charge is 0.322 e. The van der Waals surface area contributed by atoms with Gasteiger partial charge in [-0.15, -0.1) is 0 Å². The summed E-state index contributed by atoms with van der Waals surface area (Å²) in [6.07, 6.45) is 3.59. The predicted octanol–water partition coefficient (Wildman–Crippen LogP) is 2.74. The Kier molecular flexibility index (Phi) is 4.59. The molecule has 1 spiro atoms. The zero-order valence-electron chi connectivity index (χ0n) is 16.1.